The smallest absolute Gasteiger partial charge is 0.231 e. The van der Waals surface area contributed by atoms with Gasteiger partial charge in [0.25, 0.3) is 0 Å². The molecule has 0 unspecified atom stereocenters. The zero-order valence-corrected chi connectivity index (χ0v) is 18.2. The highest BCUT2D eigenvalue weighted by molar-refractivity contribution is 5.85. The molecule has 4 aromatic carbocycles. The minimum Gasteiger partial charge on any atom is -0.489 e. The SMILES string of the molecule is N#CC1=C(N)Oc2cc3c(cc2[C@@H]1c1ccc(OCc2cccc4ccccc24)cc1)OCO3. The number of nitriles is 1. The zero-order chi connectivity index (χ0) is 23.1. The maximum Gasteiger partial charge on any atom is 0.231 e. The van der Waals surface area contributed by atoms with Crippen molar-refractivity contribution in [3.05, 3.63) is 107 Å². The molecule has 2 aliphatic heterocycles. The first-order chi connectivity index (χ1) is 16.7. The third-order valence-corrected chi connectivity index (χ3v) is 6.20. The number of benzene rings is 4. The molecule has 2 aliphatic rings. The summed E-state index contributed by atoms with van der Waals surface area (Å²) in [6, 6.07) is 28.0. The Morgan fingerprint density at radius 3 is 2.50 bits per heavy atom. The lowest BCUT2D eigenvalue weighted by Crippen LogP contribution is -2.21. The molecule has 0 saturated carbocycles. The summed E-state index contributed by atoms with van der Waals surface area (Å²) in [5.41, 5.74) is 9.29. The second kappa shape index (κ2) is 8.05. The minimum absolute atomic E-state index is 0.0927. The molecule has 6 rings (SSSR count). The van der Waals surface area contributed by atoms with Crippen LogP contribution in [-0.4, -0.2) is 6.79 Å². The third kappa shape index (κ3) is 3.35. The topological polar surface area (TPSA) is 86.7 Å². The van der Waals surface area contributed by atoms with E-state index in [9.17, 15) is 5.26 Å². The van der Waals surface area contributed by atoms with Crippen LogP contribution in [0.4, 0.5) is 0 Å². The average molecular weight is 448 g/mol. The van der Waals surface area contributed by atoms with E-state index >= 15 is 0 Å². The van der Waals surface area contributed by atoms with Crippen molar-refractivity contribution < 1.29 is 18.9 Å². The Bertz CT molecular complexity index is 1480. The lowest BCUT2D eigenvalue weighted by molar-refractivity contribution is 0.174. The number of fused-ring (bicyclic) bond motifs is 3. The van der Waals surface area contributed by atoms with Crippen molar-refractivity contribution in [2.75, 3.05) is 6.79 Å². The molecule has 6 nitrogen and oxygen atoms in total. The summed E-state index contributed by atoms with van der Waals surface area (Å²) in [5.74, 6) is 2.24. The first-order valence-electron chi connectivity index (χ1n) is 10.9. The van der Waals surface area contributed by atoms with Crippen molar-refractivity contribution in [3.63, 3.8) is 0 Å². The maximum absolute atomic E-state index is 9.82. The van der Waals surface area contributed by atoms with Crippen molar-refractivity contribution in [1.82, 2.24) is 0 Å². The Morgan fingerprint density at radius 1 is 0.912 bits per heavy atom. The lowest BCUT2D eigenvalue weighted by Gasteiger charge is -2.26. The summed E-state index contributed by atoms with van der Waals surface area (Å²) in [6.07, 6.45) is 0. The van der Waals surface area contributed by atoms with Gasteiger partial charge in [-0.05, 0) is 40.1 Å². The van der Waals surface area contributed by atoms with Gasteiger partial charge in [0.2, 0.25) is 12.7 Å². The summed E-state index contributed by atoms with van der Waals surface area (Å²) in [5, 5.41) is 12.2. The van der Waals surface area contributed by atoms with Gasteiger partial charge in [-0.2, -0.15) is 5.26 Å². The molecule has 0 saturated heterocycles. The molecule has 0 fully saturated rings. The number of rotatable bonds is 4. The van der Waals surface area contributed by atoms with E-state index in [2.05, 4.69) is 30.3 Å². The van der Waals surface area contributed by atoms with Gasteiger partial charge in [0.15, 0.2) is 11.5 Å². The van der Waals surface area contributed by atoms with Gasteiger partial charge in [-0.3, -0.25) is 0 Å². The van der Waals surface area contributed by atoms with Crippen molar-refractivity contribution >= 4 is 10.8 Å². The molecule has 2 heterocycles. The van der Waals surface area contributed by atoms with Crippen LogP contribution in [0.15, 0.2) is 90.3 Å². The molecule has 1 atom stereocenters. The number of hydrogen-bond acceptors (Lipinski definition) is 6. The second-order valence-corrected chi connectivity index (χ2v) is 8.16. The summed E-state index contributed by atoms with van der Waals surface area (Å²) >= 11 is 0. The Hall–Kier alpha value is -4.63. The number of nitrogens with zero attached hydrogens (tertiary/aromatic N) is 1. The molecule has 0 spiro atoms. The van der Waals surface area contributed by atoms with Gasteiger partial charge >= 0.3 is 0 Å². The first kappa shape index (κ1) is 20.0. The molecule has 0 radical (unpaired) electrons. The minimum atomic E-state index is -0.379. The van der Waals surface area contributed by atoms with Crippen LogP contribution < -0.4 is 24.7 Å². The molecule has 0 aliphatic carbocycles. The second-order valence-electron chi connectivity index (χ2n) is 8.16. The number of allylic oxidation sites excluding steroid dienone is 1. The van der Waals surface area contributed by atoms with Crippen molar-refractivity contribution in [1.29, 1.82) is 5.26 Å². The van der Waals surface area contributed by atoms with Crippen molar-refractivity contribution in [2.24, 2.45) is 5.73 Å². The molecule has 0 aromatic heterocycles. The van der Waals surface area contributed by atoms with Crippen LogP contribution in [0.3, 0.4) is 0 Å². The van der Waals surface area contributed by atoms with E-state index in [1.54, 1.807) is 6.07 Å². The van der Waals surface area contributed by atoms with E-state index in [1.807, 2.05) is 48.5 Å². The fraction of sp³-hybridized carbons (Fsp3) is 0.107. The van der Waals surface area contributed by atoms with Gasteiger partial charge in [0, 0.05) is 11.6 Å². The standard InChI is InChI=1S/C28H20N2O4/c29-14-23-27(22-12-25-26(33-16-32-25)13-24(22)34-28(23)30)18-8-10-20(11-9-18)31-15-19-6-3-5-17-4-1-2-7-21(17)19/h1-13,27H,15-16,30H2/t27-/m0/s1. The highest BCUT2D eigenvalue weighted by atomic mass is 16.7. The van der Waals surface area contributed by atoms with Gasteiger partial charge in [0.05, 0.1) is 5.92 Å². The van der Waals surface area contributed by atoms with Crippen molar-refractivity contribution in [2.45, 2.75) is 12.5 Å². The first-order valence-corrected chi connectivity index (χ1v) is 10.9. The van der Waals surface area contributed by atoms with Gasteiger partial charge < -0.3 is 24.7 Å². The normalized spacial score (nSPS) is 16.0. The van der Waals surface area contributed by atoms with Crippen molar-refractivity contribution in [3.8, 4) is 29.1 Å². The molecule has 4 aromatic rings. The van der Waals surface area contributed by atoms with E-state index in [-0.39, 0.29) is 18.6 Å². The predicted molar refractivity (Wildman–Crippen MR) is 127 cm³/mol. The average Bonchev–Trinajstić information content (AvgIpc) is 3.33. The monoisotopic (exact) mass is 448 g/mol. The van der Waals surface area contributed by atoms with Crippen LogP contribution in [0, 0.1) is 11.3 Å². The lowest BCUT2D eigenvalue weighted by atomic mass is 9.83. The Kier molecular flexibility index (Phi) is 4.74. The Labute approximate surface area is 196 Å². The predicted octanol–water partition coefficient (Wildman–Crippen LogP) is 5.37. The quantitative estimate of drug-likeness (QED) is 0.452. The largest absolute Gasteiger partial charge is 0.489 e. The van der Waals surface area contributed by atoms with Crippen LogP contribution in [-0.2, 0) is 6.61 Å². The number of ether oxygens (including phenoxy) is 4. The van der Waals surface area contributed by atoms with E-state index in [4.69, 9.17) is 24.7 Å². The van der Waals surface area contributed by atoms with E-state index in [0.29, 0.717) is 29.4 Å². The maximum atomic E-state index is 9.82. The van der Waals surface area contributed by atoms with Gasteiger partial charge in [-0.1, -0.05) is 54.6 Å². The van der Waals surface area contributed by atoms with Gasteiger partial charge in [-0.25, -0.2) is 0 Å². The van der Waals surface area contributed by atoms with Crippen LogP contribution >= 0.6 is 0 Å². The molecule has 2 N–H and O–H groups in total. The van der Waals surface area contributed by atoms with Crippen LogP contribution in [0.2, 0.25) is 0 Å². The fourth-order valence-corrected chi connectivity index (χ4v) is 4.53. The molecular weight excluding hydrogens is 428 g/mol. The highest BCUT2D eigenvalue weighted by Crippen LogP contribution is 2.48. The molecule has 0 bridgehead atoms. The van der Waals surface area contributed by atoms with E-state index < -0.39 is 0 Å². The van der Waals surface area contributed by atoms with Crippen LogP contribution in [0.5, 0.6) is 23.0 Å². The zero-order valence-electron chi connectivity index (χ0n) is 18.2. The number of nitrogens with two attached hydrogens (primary N) is 1. The highest BCUT2D eigenvalue weighted by Gasteiger charge is 2.33. The van der Waals surface area contributed by atoms with Crippen LogP contribution in [0.25, 0.3) is 10.8 Å². The number of hydrogen-bond donors (Lipinski definition) is 1. The summed E-state index contributed by atoms with van der Waals surface area (Å²) in [7, 11) is 0. The summed E-state index contributed by atoms with van der Waals surface area (Å²) < 4.78 is 22.8. The third-order valence-electron chi connectivity index (χ3n) is 6.20. The molecule has 6 heteroatoms. The molecule has 0 amide bonds. The molecule has 166 valence electrons. The van der Waals surface area contributed by atoms with E-state index in [1.165, 1.54) is 10.8 Å². The molecular formula is C28H20N2O4. The van der Waals surface area contributed by atoms with Crippen LogP contribution in [0.1, 0.15) is 22.6 Å². The Morgan fingerprint density at radius 2 is 1.68 bits per heavy atom. The molecule has 34 heavy (non-hydrogen) atoms. The van der Waals surface area contributed by atoms with Gasteiger partial charge in [0.1, 0.15) is 29.7 Å². The van der Waals surface area contributed by atoms with Gasteiger partial charge in [-0.15, -0.1) is 0 Å². The fourth-order valence-electron chi connectivity index (χ4n) is 4.53. The Balaban J connectivity index is 1.29. The van der Waals surface area contributed by atoms with E-state index in [0.717, 1.165) is 22.4 Å². The summed E-state index contributed by atoms with van der Waals surface area (Å²) in [4.78, 5) is 0. The summed E-state index contributed by atoms with van der Waals surface area (Å²) in [6.45, 7) is 0.611.